The summed E-state index contributed by atoms with van der Waals surface area (Å²) >= 11 is 1.64. The van der Waals surface area contributed by atoms with Crippen LogP contribution in [0.2, 0.25) is 0 Å². The van der Waals surface area contributed by atoms with Crippen LogP contribution in [0.15, 0.2) is 34.2 Å². The van der Waals surface area contributed by atoms with E-state index >= 15 is 0 Å². The Bertz CT molecular complexity index is 523. The predicted octanol–water partition coefficient (Wildman–Crippen LogP) is 3.69. The van der Waals surface area contributed by atoms with Gasteiger partial charge in [-0.15, -0.1) is 0 Å². The van der Waals surface area contributed by atoms with Crippen molar-refractivity contribution in [3.63, 3.8) is 0 Å². The molecule has 0 bridgehead atoms. The molecule has 0 N–H and O–H groups in total. The largest absolute Gasteiger partial charge is 0.497 e. The quantitative estimate of drug-likeness (QED) is 0.785. The Morgan fingerprint density at radius 2 is 2.21 bits per heavy atom. The van der Waals surface area contributed by atoms with Crippen molar-refractivity contribution in [2.45, 2.75) is 25.7 Å². The molecule has 0 aliphatic carbocycles. The third kappa shape index (κ3) is 2.78. The van der Waals surface area contributed by atoms with Gasteiger partial charge in [-0.25, -0.2) is 0 Å². The van der Waals surface area contributed by atoms with Crippen molar-refractivity contribution in [3.05, 3.63) is 29.3 Å². The van der Waals surface area contributed by atoms with E-state index in [0.29, 0.717) is 0 Å². The fourth-order valence-corrected chi connectivity index (χ4v) is 3.08. The number of ketones is 1. The highest BCUT2D eigenvalue weighted by molar-refractivity contribution is 8.03. The van der Waals surface area contributed by atoms with Crippen LogP contribution in [0, 0.1) is 5.92 Å². The lowest BCUT2D eigenvalue weighted by atomic mass is 10.1. The number of thioether (sulfide) groups is 1. The topological polar surface area (TPSA) is 29.5 Å². The van der Waals surface area contributed by atoms with Crippen LogP contribution >= 0.6 is 11.8 Å². The van der Waals surface area contributed by atoms with Crippen molar-refractivity contribution >= 4 is 23.2 Å². The monoisotopic (exact) mass is 277 g/mol. The molecule has 0 saturated heterocycles. The van der Waals surface area contributed by atoms with E-state index in [1.165, 1.54) is 4.90 Å². The van der Waals surface area contributed by atoms with Gasteiger partial charge in [-0.2, -0.15) is 0 Å². The number of allylic oxidation sites excluding steroid dienone is 1. The number of fused-ring (bicyclic) bond motifs is 1. The van der Waals surface area contributed by atoms with Crippen molar-refractivity contribution in [1.29, 1.82) is 0 Å². The Kier molecular flexibility index (Phi) is 4.20. The minimum atomic E-state index is 0.0325. The molecule has 0 saturated carbocycles. The lowest BCUT2D eigenvalue weighted by Gasteiger charge is -2.18. The van der Waals surface area contributed by atoms with Gasteiger partial charge in [-0.1, -0.05) is 25.6 Å². The minimum absolute atomic E-state index is 0.0325. The molecule has 2 rings (SSSR count). The summed E-state index contributed by atoms with van der Waals surface area (Å²) in [5.74, 6) is 1.04. The minimum Gasteiger partial charge on any atom is -0.497 e. The number of benzene rings is 1. The number of methoxy groups -OCH3 is 1. The Labute approximate surface area is 118 Å². The van der Waals surface area contributed by atoms with Crippen LogP contribution in [0.25, 0.3) is 0 Å². The maximum absolute atomic E-state index is 11.9. The van der Waals surface area contributed by atoms with E-state index in [1.807, 2.05) is 32.0 Å². The molecule has 4 heteroatoms. The van der Waals surface area contributed by atoms with Crippen molar-refractivity contribution in [1.82, 2.24) is 0 Å². The average molecular weight is 277 g/mol. The third-order valence-corrected chi connectivity index (χ3v) is 4.20. The highest BCUT2D eigenvalue weighted by atomic mass is 32.2. The normalized spacial score (nSPS) is 16.1. The van der Waals surface area contributed by atoms with Gasteiger partial charge in [0.15, 0.2) is 5.78 Å². The molecule has 1 aromatic rings. The maximum Gasteiger partial charge on any atom is 0.160 e. The molecule has 0 atom stereocenters. The average Bonchev–Trinajstić information content (AvgIpc) is 2.74. The Balaban J connectivity index is 2.35. The summed E-state index contributed by atoms with van der Waals surface area (Å²) in [4.78, 5) is 15.2. The van der Waals surface area contributed by atoms with Crippen molar-refractivity contribution in [3.8, 4) is 5.75 Å². The second-order valence-corrected chi connectivity index (χ2v) is 5.78. The van der Waals surface area contributed by atoms with Gasteiger partial charge in [0.2, 0.25) is 0 Å². The number of carbonyl (C=O) groups is 1. The summed E-state index contributed by atoms with van der Waals surface area (Å²) in [6, 6.07) is 6.02. The van der Waals surface area contributed by atoms with E-state index in [-0.39, 0.29) is 11.7 Å². The molecular weight excluding hydrogens is 258 g/mol. The van der Waals surface area contributed by atoms with E-state index in [9.17, 15) is 4.79 Å². The molecule has 3 nitrogen and oxygen atoms in total. The summed E-state index contributed by atoms with van der Waals surface area (Å²) in [6.07, 6.45) is 1.76. The third-order valence-electron chi connectivity index (χ3n) is 3.09. The van der Waals surface area contributed by atoms with Gasteiger partial charge in [0.25, 0.3) is 0 Å². The van der Waals surface area contributed by atoms with Gasteiger partial charge in [-0.05, 0) is 19.1 Å². The zero-order valence-corrected chi connectivity index (χ0v) is 12.6. The molecule has 1 aliphatic heterocycles. The fraction of sp³-hybridized carbons (Fsp3) is 0.400. The molecule has 1 heterocycles. The smallest absolute Gasteiger partial charge is 0.160 e. The van der Waals surface area contributed by atoms with Gasteiger partial charge in [0, 0.05) is 29.5 Å². The molecule has 1 aliphatic rings. The molecular formula is C15H19NO2S. The fourth-order valence-electron chi connectivity index (χ4n) is 1.93. The van der Waals surface area contributed by atoms with E-state index < -0.39 is 0 Å². The van der Waals surface area contributed by atoms with Gasteiger partial charge < -0.3 is 9.64 Å². The highest BCUT2D eigenvalue weighted by Crippen LogP contribution is 2.47. The predicted molar refractivity (Wildman–Crippen MR) is 79.8 cm³/mol. The summed E-state index contributed by atoms with van der Waals surface area (Å²) < 4.78 is 5.26. The first-order valence-corrected chi connectivity index (χ1v) is 7.27. The van der Waals surface area contributed by atoms with Crippen LogP contribution in [0.5, 0.6) is 5.75 Å². The first-order chi connectivity index (χ1) is 9.06. The van der Waals surface area contributed by atoms with Crippen molar-refractivity contribution in [2.24, 2.45) is 5.92 Å². The highest BCUT2D eigenvalue weighted by Gasteiger charge is 2.25. The number of hydrogen-bond acceptors (Lipinski definition) is 4. The first kappa shape index (κ1) is 14.0. The Morgan fingerprint density at radius 3 is 2.79 bits per heavy atom. The Morgan fingerprint density at radius 1 is 1.47 bits per heavy atom. The maximum atomic E-state index is 11.9. The number of hydrogen-bond donors (Lipinski definition) is 0. The van der Waals surface area contributed by atoms with Crippen molar-refractivity contribution in [2.75, 3.05) is 18.6 Å². The molecule has 0 radical (unpaired) electrons. The van der Waals surface area contributed by atoms with E-state index in [0.717, 1.165) is 23.0 Å². The lowest BCUT2D eigenvalue weighted by molar-refractivity contribution is -0.117. The van der Waals surface area contributed by atoms with E-state index in [4.69, 9.17) is 4.74 Å². The van der Waals surface area contributed by atoms with Crippen LogP contribution in [0.3, 0.4) is 0 Å². The SMILES string of the molecule is CCN1/C(=C/C(=O)C(C)C)Sc2ccc(OC)cc21. The van der Waals surface area contributed by atoms with Crippen LogP contribution in [0.1, 0.15) is 20.8 Å². The number of nitrogens with zero attached hydrogens (tertiary/aromatic N) is 1. The molecule has 1 aromatic carbocycles. The van der Waals surface area contributed by atoms with Crippen LogP contribution in [-0.4, -0.2) is 19.4 Å². The van der Waals surface area contributed by atoms with Crippen molar-refractivity contribution < 1.29 is 9.53 Å². The molecule has 102 valence electrons. The molecule has 0 spiro atoms. The molecule has 0 fully saturated rings. The van der Waals surface area contributed by atoms with Gasteiger partial charge in [0.05, 0.1) is 17.8 Å². The molecule has 0 amide bonds. The summed E-state index contributed by atoms with van der Waals surface area (Å²) in [5.41, 5.74) is 1.12. The van der Waals surface area contributed by atoms with E-state index in [1.54, 1.807) is 24.9 Å². The summed E-state index contributed by atoms with van der Waals surface area (Å²) in [6.45, 7) is 6.77. The Hall–Kier alpha value is -1.42. The standard InChI is InChI=1S/C15H19NO2S/c1-5-16-12-8-11(18-4)6-7-14(12)19-15(16)9-13(17)10(2)3/h6-10H,5H2,1-4H3/b15-9-. The van der Waals surface area contributed by atoms with Gasteiger partial charge >= 0.3 is 0 Å². The summed E-state index contributed by atoms with van der Waals surface area (Å²) in [7, 11) is 1.67. The van der Waals surface area contributed by atoms with Gasteiger partial charge in [-0.3, -0.25) is 4.79 Å². The molecule has 0 unspecified atom stereocenters. The first-order valence-electron chi connectivity index (χ1n) is 6.45. The number of anilines is 1. The van der Waals surface area contributed by atoms with Crippen LogP contribution < -0.4 is 9.64 Å². The lowest BCUT2D eigenvalue weighted by Crippen LogP contribution is -2.18. The molecule has 0 aromatic heterocycles. The molecule has 19 heavy (non-hydrogen) atoms. The van der Waals surface area contributed by atoms with Gasteiger partial charge in [0.1, 0.15) is 5.75 Å². The second kappa shape index (κ2) is 5.70. The van der Waals surface area contributed by atoms with Crippen LogP contribution in [0.4, 0.5) is 5.69 Å². The number of carbonyl (C=O) groups excluding carboxylic acids is 1. The second-order valence-electron chi connectivity index (χ2n) is 4.72. The zero-order chi connectivity index (χ0) is 14.0. The van der Waals surface area contributed by atoms with Crippen LogP contribution in [-0.2, 0) is 4.79 Å². The number of ether oxygens (including phenoxy) is 1. The number of rotatable bonds is 4. The summed E-state index contributed by atoms with van der Waals surface area (Å²) in [5, 5.41) is 1.00. The van der Waals surface area contributed by atoms with E-state index in [2.05, 4.69) is 11.8 Å². The zero-order valence-electron chi connectivity index (χ0n) is 11.8.